The summed E-state index contributed by atoms with van der Waals surface area (Å²) in [4.78, 5) is 24.4. The summed E-state index contributed by atoms with van der Waals surface area (Å²) in [6.07, 6.45) is 58.7. The summed E-state index contributed by atoms with van der Waals surface area (Å²) in [6, 6.07) is -0.549. The highest BCUT2D eigenvalue weighted by atomic mass is 16.5. The fraction of sp³-hybridized carbons (Fsp3) is 0.889. The van der Waals surface area contributed by atoms with Gasteiger partial charge in [0.25, 0.3) is 0 Å². The monoisotopic (exact) mass is 846 g/mol. The van der Waals surface area contributed by atoms with Gasteiger partial charge in [-0.1, -0.05) is 218 Å². The van der Waals surface area contributed by atoms with Crippen molar-refractivity contribution in [3.05, 3.63) is 24.3 Å². The quantitative estimate of drug-likeness (QED) is 0.0322. The fourth-order valence-electron chi connectivity index (χ4n) is 8.10. The highest BCUT2D eigenvalue weighted by Gasteiger charge is 2.20. The lowest BCUT2D eigenvalue weighted by atomic mass is 10.0. The number of aliphatic hydroxyl groups is 2. The van der Waals surface area contributed by atoms with Crippen LogP contribution in [-0.2, 0) is 14.3 Å². The molecule has 0 aliphatic heterocycles. The van der Waals surface area contributed by atoms with Gasteiger partial charge >= 0.3 is 5.97 Å². The number of esters is 1. The Hall–Kier alpha value is -1.66. The summed E-state index contributed by atoms with van der Waals surface area (Å²) in [5, 5.41) is 23.1. The molecular weight excluding hydrogens is 743 g/mol. The molecule has 0 aliphatic carbocycles. The van der Waals surface area contributed by atoms with E-state index in [0.717, 1.165) is 57.8 Å². The molecule has 0 rings (SSSR count). The molecule has 6 nitrogen and oxygen atoms in total. The molecule has 0 saturated carbocycles. The molecule has 0 bridgehead atoms. The van der Waals surface area contributed by atoms with Crippen LogP contribution in [0.15, 0.2) is 24.3 Å². The molecule has 0 aromatic heterocycles. The van der Waals surface area contributed by atoms with Gasteiger partial charge in [-0.3, -0.25) is 9.59 Å². The Morgan fingerprint density at radius 1 is 0.450 bits per heavy atom. The van der Waals surface area contributed by atoms with E-state index in [1.165, 1.54) is 193 Å². The Morgan fingerprint density at radius 3 is 1.18 bits per heavy atom. The van der Waals surface area contributed by atoms with Gasteiger partial charge < -0.3 is 20.3 Å². The maximum Gasteiger partial charge on any atom is 0.305 e. The van der Waals surface area contributed by atoms with E-state index in [4.69, 9.17) is 4.74 Å². The molecule has 0 spiro atoms. The summed E-state index contributed by atoms with van der Waals surface area (Å²) in [6.45, 7) is 4.91. The zero-order chi connectivity index (χ0) is 43.7. The van der Waals surface area contributed by atoms with E-state index >= 15 is 0 Å². The van der Waals surface area contributed by atoms with Crippen LogP contribution in [0, 0.1) is 0 Å². The smallest absolute Gasteiger partial charge is 0.305 e. The lowest BCUT2D eigenvalue weighted by molar-refractivity contribution is -0.143. The number of carbonyl (C=O) groups excluding carboxylic acids is 2. The summed E-state index contributed by atoms with van der Waals surface area (Å²) in [5.74, 6) is -0.0584. The predicted molar refractivity (Wildman–Crippen MR) is 260 cm³/mol. The van der Waals surface area contributed by atoms with Crippen LogP contribution in [0.1, 0.15) is 284 Å². The van der Waals surface area contributed by atoms with Gasteiger partial charge in [0.15, 0.2) is 0 Å². The average molecular weight is 846 g/mol. The van der Waals surface area contributed by atoms with Crippen molar-refractivity contribution in [2.75, 3.05) is 13.2 Å². The number of nitrogens with one attached hydrogen (secondary N) is 1. The van der Waals surface area contributed by atoms with E-state index in [1.54, 1.807) is 0 Å². The largest absolute Gasteiger partial charge is 0.466 e. The number of amides is 1. The molecule has 0 saturated heterocycles. The van der Waals surface area contributed by atoms with Crippen LogP contribution in [0.3, 0.4) is 0 Å². The number of rotatable bonds is 49. The predicted octanol–water partition coefficient (Wildman–Crippen LogP) is 15.9. The van der Waals surface area contributed by atoms with E-state index in [9.17, 15) is 19.8 Å². The van der Waals surface area contributed by atoms with Crippen molar-refractivity contribution in [1.82, 2.24) is 5.32 Å². The van der Waals surface area contributed by atoms with Crippen molar-refractivity contribution in [3.8, 4) is 0 Å². The van der Waals surface area contributed by atoms with Crippen LogP contribution in [-0.4, -0.2) is 47.4 Å². The number of ether oxygens (including phenoxy) is 1. The maximum atomic E-state index is 12.4. The molecular formula is C54H103NO5. The van der Waals surface area contributed by atoms with Gasteiger partial charge in [0, 0.05) is 12.8 Å². The first-order valence-corrected chi connectivity index (χ1v) is 26.6. The first kappa shape index (κ1) is 58.3. The third kappa shape index (κ3) is 45.9. The maximum absolute atomic E-state index is 12.4. The molecule has 0 aliphatic rings. The Morgan fingerprint density at radius 2 is 0.783 bits per heavy atom. The lowest BCUT2D eigenvalue weighted by Crippen LogP contribution is -2.45. The zero-order valence-corrected chi connectivity index (χ0v) is 40.2. The number of allylic oxidation sites excluding steroid dienone is 4. The second kappa shape index (κ2) is 50.0. The summed E-state index contributed by atoms with van der Waals surface area (Å²) < 4.78 is 5.46. The van der Waals surface area contributed by atoms with Crippen LogP contribution >= 0.6 is 0 Å². The fourth-order valence-corrected chi connectivity index (χ4v) is 8.10. The van der Waals surface area contributed by atoms with Crippen molar-refractivity contribution in [2.24, 2.45) is 0 Å². The molecule has 1 amide bonds. The normalized spacial score (nSPS) is 12.8. The second-order valence-corrected chi connectivity index (χ2v) is 18.2. The topological polar surface area (TPSA) is 95.9 Å². The average Bonchev–Trinajstić information content (AvgIpc) is 3.25. The third-order valence-corrected chi connectivity index (χ3v) is 12.2. The van der Waals surface area contributed by atoms with Crippen LogP contribution in [0.4, 0.5) is 0 Å². The molecule has 0 radical (unpaired) electrons. The lowest BCUT2D eigenvalue weighted by Gasteiger charge is -2.22. The number of aliphatic hydroxyl groups excluding tert-OH is 2. The summed E-state index contributed by atoms with van der Waals surface area (Å²) in [7, 11) is 0. The van der Waals surface area contributed by atoms with E-state index in [-0.39, 0.29) is 18.5 Å². The number of hydrogen-bond donors (Lipinski definition) is 3. The second-order valence-electron chi connectivity index (χ2n) is 18.2. The minimum Gasteiger partial charge on any atom is -0.466 e. The van der Waals surface area contributed by atoms with Gasteiger partial charge in [-0.25, -0.2) is 0 Å². The van der Waals surface area contributed by atoms with E-state index < -0.39 is 12.1 Å². The van der Waals surface area contributed by atoms with Crippen molar-refractivity contribution in [2.45, 2.75) is 296 Å². The van der Waals surface area contributed by atoms with Gasteiger partial charge in [0.2, 0.25) is 5.91 Å². The summed E-state index contributed by atoms with van der Waals surface area (Å²) >= 11 is 0. The number of unbranched alkanes of at least 4 members (excludes halogenated alkanes) is 34. The summed E-state index contributed by atoms with van der Waals surface area (Å²) in [5.41, 5.74) is 0. The zero-order valence-electron chi connectivity index (χ0n) is 40.2. The molecule has 2 atom stereocenters. The molecule has 60 heavy (non-hydrogen) atoms. The molecule has 0 aromatic carbocycles. The highest BCUT2D eigenvalue weighted by molar-refractivity contribution is 5.76. The molecule has 0 heterocycles. The molecule has 354 valence electrons. The van der Waals surface area contributed by atoms with E-state index in [2.05, 4.69) is 43.5 Å². The molecule has 0 aromatic rings. The molecule has 0 fully saturated rings. The van der Waals surface area contributed by atoms with Crippen molar-refractivity contribution in [3.63, 3.8) is 0 Å². The van der Waals surface area contributed by atoms with Gasteiger partial charge in [-0.15, -0.1) is 0 Å². The molecule has 2 unspecified atom stereocenters. The van der Waals surface area contributed by atoms with Crippen LogP contribution in [0.5, 0.6) is 0 Å². The van der Waals surface area contributed by atoms with Gasteiger partial charge in [0.05, 0.1) is 25.4 Å². The van der Waals surface area contributed by atoms with Gasteiger partial charge in [-0.2, -0.15) is 0 Å². The Bertz CT molecular complexity index is 935. The van der Waals surface area contributed by atoms with Crippen molar-refractivity contribution in [1.29, 1.82) is 0 Å². The minimum absolute atomic E-state index is 0.0100. The first-order valence-electron chi connectivity index (χ1n) is 26.6. The Labute approximate surface area is 373 Å². The van der Waals surface area contributed by atoms with Gasteiger partial charge in [-0.05, 0) is 77.0 Å². The van der Waals surface area contributed by atoms with E-state index in [1.807, 2.05) is 0 Å². The Balaban J connectivity index is 3.45. The molecule has 3 N–H and O–H groups in total. The van der Waals surface area contributed by atoms with Crippen LogP contribution in [0.2, 0.25) is 0 Å². The standard InChI is InChI=1S/C54H103NO5/c1-3-5-7-9-11-13-15-16-20-24-28-32-36-40-44-48-54(59)60-49-45-41-37-33-29-25-22-19-17-18-21-23-27-31-35-39-43-47-53(58)55-51(50-56)52(57)46-42-38-34-30-26-14-12-10-8-6-4-2/h16-17,19-20,51-52,56-57H,3-15,18,21-50H2,1-2H3,(H,55,58)/b19-17-,20-16-. The minimum atomic E-state index is -0.670. The van der Waals surface area contributed by atoms with Crippen molar-refractivity contribution < 1.29 is 24.5 Å². The first-order chi connectivity index (χ1) is 29.5. The van der Waals surface area contributed by atoms with Crippen molar-refractivity contribution >= 4 is 11.9 Å². The van der Waals surface area contributed by atoms with Gasteiger partial charge in [0.1, 0.15) is 0 Å². The van der Waals surface area contributed by atoms with E-state index in [0.29, 0.717) is 25.9 Å². The Kier molecular flexibility index (Phi) is 48.6. The highest BCUT2D eigenvalue weighted by Crippen LogP contribution is 2.16. The van der Waals surface area contributed by atoms with Crippen LogP contribution in [0.25, 0.3) is 0 Å². The SMILES string of the molecule is CCCCCCCC/C=C\CCCCCCCC(=O)OCCCCCCCC/C=C\CCCCCCCCCC(=O)NC(CO)C(O)CCCCCCCCCCCCC. The van der Waals surface area contributed by atoms with Crippen LogP contribution < -0.4 is 5.32 Å². The number of hydrogen-bond acceptors (Lipinski definition) is 5. The third-order valence-electron chi connectivity index (χ3n) is 12.2. The molecule has 6 heteroatoms. The number of carbonyl (C=O) groups is 2.